The topological polar surface area (TPSA) is 82.8 Å². The fourth-order valence-electron chi connectivity index (χ4n) is 3.04. The number of ether oxygens (including phenoxy) is 3. The average Bonchev–Trinajstić information content (AvgIpc) is 3.00. The summed E-state index contributed by atoms with van der Waals surface area (Å²) in [7, 11) is 4.57. The van der Waals surface area contributed by atoms with Crippen LogP contribution in [0.1, 0.15) is 29.6 Å². The summed E-state index contributed by atoms with van der Waals surface area (Å²) >= 11 is 0. The highest BCUT2D eigenvalue weighted by Gasteiger charge is 2.29. The predicted octanol–water partition coefficient (Wildman–Crippen LogP) is 1.57. The molecule has 0 saturated heterocycles. The monoisotopic (exact) mass is 308 g/mol. The molecular formula is C16H24N2O4. The van der Waals surface area contributed by atoms with Crippen LogP contribution in [0.3, 0.4) is 0 Å². The van der Waals surface area contributed by atoms with E-state index in [4.69, 9.17) is 19.9 Å². The highest BCUT2D eigenvalue weighted by molar-refractivity contribution is 5.98. The van der Waals surface area contributed by atoms with Gasteiger partial charge in [0.2, 0.25) is 5.75 Å². The Balaban J connectivity index is 2.25. The Hall–Kier alpha value is -1.95. The van der Waals surface area contributed by atoms with Crippen molar-refractivity contribution in [3.8, 4) is 17.2 Å². The van der Waals surface area contributed by atoms with E-state index in [1.165, 1.54) is 14.2 Å². The second-order valence-corrected chi connectivity index (χ2v) is 5.39. The number of carbonyl (C=O) groups is 1. The Morgan fingerprint density at radius 2 is 1.91 bits per heavy atom. The SMILES string of the molecule is COc1ccc(C(=O)NC2CCCC2CN)c(OC)c1OC. The van der Waals surface area contributed by atoms with Crippen molar-refractivity contribution in [2.24, 2.45) is 11.7 Å². The summed E-state index contributed by atoms with van der Waals surface area (Å²) < 4.78 is 15.9. The molecule has 1 aliphatic rings. The van der Waals surface area contributed by atoms with Gasteiger partial charge < -0.3 is 25.3 Å². The molecule has 1 aliphatic carbocycles. The van der Waals surface area contributed by atoms with E-state index in [2.05, 4.69) is 5.32 Å². The Kier molecular flexibility index (Phi) is 5.49. The van der Waals surface area contributed by atoms with Crippen LogP contribution in [0.2, 0.25) is 0 Å². The normalized spacial score (nSPS) is 20.5. The molecule has 122 valence electrons. The fraction of sp³-hybridized carbons (Fsp3) is 0.562. The predicted molar refractivity (Wildman–Crippen MR) is 83.7 cm³/mol. The van der Waals surface area contributed by atoms with Gasteiger partial charge in [0, 0.05) is 6.04 Å². The van der Waals surface area contributed by atoms with Gasteiger partial charge in [-0.05, 0) is 37.4 Å². The molecule has 0 spiro atoms. The molecule has 0 radical (unpaired) electrons. The maximum Gasteiger partial charge on any atom is 0.255 e. The van der Waals surface area contributed by atoms with Crippen LogP contribution in [0, 0.1) is 5.92 Å². The van der Waals surface area contributed by atoms with Gasteiger partial charge in [0.05, 0.1) is 26.9 Å². The maximum absolute atomic E-state index is 12.6. The highest BCUT2D eigenvalue weighted by atomic mass is 16.5. The molecule has 0 aliphatic heterocycles. The van der Waals surface area contributed by atoms with Gasteiger partial charge in [0.1, 0.15) is 0 Å². The van der Waals surface area contributed by atoms with Gasteiger partial charge in [-0.15, -0.1) is 0 Å². The number of nitrogens with one attached hydrogen (secondary N) is 1. The Morgan fingerprint density at radius 1 is 1.18 bits per heavy atom. The summed E-state index contributed by atoms with van der Waals surface area (Å²) in [6, 6.07) is 3.50. The van der Waals surface area contributed by atoms with Crippen molar-refractivity contribution in [1.82, 2.24) is 5.32 Å². The lowest BCUT2D eigenvalue weighted by Gasteiger charge is -2.21. The summed E-state index contributed by atoms with van der Waals surface area (Å²) in [5.41, 5.74) is 6.20. The zero-order chi connectivity index (χ0) is 16.1. The summed E-state index contributed by atoms with van der Waals surface area (Å²) in [4.78, 5) is 12.6. The second kappa shape index (κ2) is 7.35. The molecule has 22 heavy (non-hydrogen) atoms. The first-order chi connectivity index (χ1) is 10.7. The van der Waals surface area contributed by atoms with Crippen LogP contribution in [0.5, 0.6) is 17.2 Å². The number of methoxy groups -OCH3 is 3. The zero-order valence-corrected chi connectivity index (χ0v) is 13.3. The molecule has 1 amide bonds. The summed E-state index contributed by atoms with van der Waals surface area (Å²) in [5.74, 6) is 1.48. The number of benzene rings is 1. The Bertz CT molecular complexity index is 533. The van der Waals surface area contributed by atoms with Crippen LogP contribution < -0.4 is 25.3 Å². The lowest BCUT2D eigenvalue weighted by atomic mass is 10.0. The minimum absolute atomic E-state index is 0.121. The van der Waals surface area contributed by atoms with Crippen LogP contribution in [0.25, 0.3) is 0 Å². The van der Waals surface area contributed by atoms with E-state index in [9.17, 15) is 4.79 Å². The van der Waals surface area contributed by atoms with Gasteiger partial charge in [-0.2, -0.15) is 0 Å². The van der Waals surface area contributed by atoms with E-state index in [0.29, 0.717) is 35.3 Å². The Labute approximate surface area is 130 Å². The van der Waals surface area contributed by atoms with Crippen LogP contribution in [-0.4, -0.2) is 39.8 Å². The molecule has 1 aromatic carbocycles. The maximum atomic E-state index is 12.6. The third kappa shape index (κ3) is 3.11. The van der Waals surface area contributed by atoms with Crippen LogP contribution in [0.15, 0.2) is 12.1 Å². The number of carbonyl (C=O) groups excluding carboxylic acids is 1. The molecule has 1 saturated carbocycles. The minimum atomic E-state index is -0.178. The highest BCUT2D eigenvalue weighted by Crippen LogP contribution is 2.39. The molecule has 1 fully saturated rings. The van der Waals surface area contributed by atoms with Crippen LogP contribution in [0.4, 0.5) is 0 Å². The van der Waals surface area contributed by atoms with E-state index in [1.807, 2.05) is 0 Å². The van der Waals surface area contributed by atoms with Gasteiger partial charge in [0.25, 0.3) is 5.91 Å². The molecule has 0 heterocycles. The first-order valence-electron chi connectivity index (χ1n) is 7.46. The molecule has 6 heteroatoms. The largest absolute Gasteiger partial charge is 0.493 e. The standard InChI is InChI=1S/C16H24N2O4/c1-20-13-8-7-11(14(21-2)15(13)22-3)16(19)18-12-6-4-5-10(12)9-17/h7-8,10,12H,4-6,9,17H2,1-3H3,(H,18,19). The fourth-order valence-corrected chi connectivity index (χ4v) is 3.04. The van der Waals surface area contributed by atoms with E-state index in [1.54, 1.807) is 19.2 Å². The summed E-state index contributed by atoms with van der Waals surface area (Å²) in [6.07, 6.45) is 3.11. The number of hydrogen-bond acceptors (Lipinski definition) is 5. The van der Waals surface area contributed by atoms with E-state index in [0.717, 1.165) is 19.3 Å². The smallest absolute Gasteiger partial charge is 0.255 e. The van der Waals surface area contributed by atoms with Crippen molar-refractivity contribution < 1.29 is 19.0 Å². The first kappa shape index (κ1) is 16.4. The molecule has 2 atom stereocenters. The van der Waals surface area contributed by atoms with Crippen molar-refractivity contribution >= 4 is 5.91 Å². The van der Waals surface area contributed by atoms with Gasteiger partial charge in [-0.25, -0.2) is 0 Å². The first-order valence-corrected chi connectivity index (χ1v) is 7.46. The third-order valence-electron chi connectivity index (χ3n) is 4.23. The van der Waals surface area contributed by atoms with Crippen LogP contribution in [-0.2, 0) is 0 Å². The lowest BCUT2D eigenvalue weighted by molar-refractivity contribution is 0.0925. The van der Waals surface area contributed by atoms with E-state index < -0.39 is 0 Å². The molecule has 2 unspecified atom stereocenters. The molecule has 2 rings (SSSR count). The van der Waals surface area contributed by atoms with Crippen molar-refractivity contribution in [2.45, 2.75) is 25.3 Å². The van der Waals surface area contributed by atoms with Crippen molar-refractivity contribution in [3.05, 3.63) is 17.7 Å². The van der Waals surface area contributed by atoms with Crippen molar-refractivity contribution in [3.63, 3.8) is 0 Å². The van der Waals surface area contributed by atoms with Gasteiger partial charge >= 0.3 is 0 Å². The van der Waals surface area contributed by atoms with Crippen molar-refractivity contribution in [1.29, 1.82) is 0 Å². The quantitative estimate of drug-likeness (QED) is 0.833. The number of rotatable bonds is 6. The molecule has 1 aromatic rings. The van der Waals surface area contributed by atoms with Gasteiger partial charge in [0.15, 0.2) is 11.5 Å². The van der Waals surface area contributed by atoms with E-state index >= 15 is 0 Å². The van der Waals surface area contributed by atoms with Crippen molar-refractivity contribution in [2.75, 3.05) is 27.9 Å². The molecular weight excluding hydrogens is 284 g/mol. The molecule has 3 N–H and O–H groups in total. The summed E-state index contributed by atoms with van der Waals surface area (Å²) in [5, 5.41) is 3.06. The molecule has 0 aromatic heterocycles. The minimum Gasteiger partial charge on any atom is -0.493 e. The Morgan fingerprint density at radius 3 is 2.50 bits per heavy atom. The van der Waals surface area contributed by atoms with Crippen LogP contribution >= 0.6 is 0 Å². The molecule has 6 nitrogen and oxygen atoms in total. The third-order valence-corrected chi connectivity index (χ3v) is 4.23. The van der Waals surface area contributed by atoms with Gasteiger partial charge in [-0.3, -0.25) is 4.79 Å². The summed E-state index contributed by atoms with van der Waals surface area (Å²) in [6.45, 7) is 0.591. The average molecular weight is 308 g/mol. The number of amides is 1. The zero-order valence-electron chi connectivity index (χ0n) is 13.3. The second-order valence-electron chi connectivity index (χ2n) is 5.39. The number of nitrogens with two attached hydrogens (primary N) is 1. The molecule has 0 bridgehead atoms. The number of hydrogen-bond donors (Lipinski definition) is 2. The van der Waals surface area contributed by atoms with Gasteiger partial charge in [-0.1, -0.05) is 6.42 Å². The lowest BCUT2D eigenvalue weighted by Crippen LogP contribution is -2.40. The van der Waals surface area contributed by atoms with E-state index in [-0.39, 0.29) is 11.9 Å².